The van der Waals surface area contributed by atoms with Crippen molar-refractivity contribution in [2.75, 3.05) is 19.6 Å². The molecule has 1 unspecified atom stereocenters. The zero-order valence-electron chi connectivity index (χ0n) is 14.7. The molecule has 1 heterocycles. The van der Waals surface area contributed by atoms with Gasteiger partial charge in [0, 0.05) is 25.6 Å². The van der Waals surface area contributed by atoms with Crippen LogP contribution in [-0.4, -0.2) is 30.4 Å². The number of carbonyl (C=O) groups excluding carboxylic acids is 1. The smallest absolute Gasteiger partial charge is 0.224 e. The van der Waals surface area contributed by atoms with Crippen LogP contribution in [0.5, 0.6) is 0 Å². The summed E-state index contributed by atoms with van der Waals surface area (Å²) in [7, 11) is 0. The summed E-state index contributed by atoms with van der Waals surface area (Å²) < 4.78 is 0. The minimum atomic E-state index is -0.126. The van der Waals surface area contributed by atoms with Crippen LogP contribution in [0.25, 0.3) is 0 Å². The molecule has 1 amide bonds. The molecule has 0 aliphatic carbocycles. The lowest BCUT2D eigenvalue weighted by Crippen LogP contribution is -2.33. The van der Waals surface area contributed by atoms with Crippen LogP contribution in [0.15, 0.2) is 24.3 Å². The Morgan fingerprint density at radius 2 is 1.92 bits per heavy atom. The van der Waals surface area contributed by atoms with E-state index in [-0.39, 0.29) is 36.6 Å². The van der Waals surface area contributed by atoms with Crippen LogP contribution in [0.2, 0.25) is 0 Å². The van der Waals surface area contributed by atoms with Crippen molar-refractivity contribution >= 4 is 30.7 Å². The van der Waals surface area contributed by atoms with Crippen molar-refractivity contribution in [3.63, 3.8) is 0 Å². The van der Waals surface area contributed by atoms with Gasteiger partial charge in [-0.15, -0.1) is 24.8 Å². The molecule has 1 aromatic carbocycles. The van der Waals surface area contributed by atoms with Gasteiger partial charge in [0.05, 0.1) is 0 Å². The molecule has 0 bridgehead atoms. The average Bonchev–Trinajstić information content (AvgIpc) is 2.54. The van der Waals surface area contributed by atoms with Crippen LogP contribution < -0.4 is 11.1 Å². The summed E-state index contributed by atoms with van der Waals surface area (Å²) in [4.78, 5) is 14.3. The number of nitrogens with two attached hydrogens (primary N) is 1. The molecule has 1 fully saturated rings. The Labute approximate surface area is 158 Å². The summed E-state index contributed by atoms with van der Waals surface area (Å²) in [5.41, 5.74) is 7.99. The van der Waals surface area contributed by atoms with Gasteiger partial charge in [0.1, 0.15) is 0 Å². The first-order chi connectivity index (χ1) is 10.6. The topological polar surface area (TPSA) is 58.4 Å². The first-order valence-corrected chi connectivity index (χ1v) is 8.36. The number of hydrogen-bond acceptors (Lipinski definition) is 3. The fourth-order valence-electron chi connectivity index (χ4n) is 2.79. The zero-order valence-corrected chi connectivity index (χ0v) is 16.3. The Morgan fingerprint density at radius 1 is 1.29 bits per heavy atom. The van der Waals surface area contributed by atoms with Crippen molar-refractivity contribution in [1.82, 2.24) is 10.2 Å². The maximum absolute atomic E-state index is 11.8. The third-order valence-corrected chi connectivity index (χ3v) is 4.54. The van der Waals surface area contributed by atoms with Crippen molar-refractivity contribution in [2.45, 2.75) is 39.8 Å². The van der Waals surface area contributed by atoms with Crippen molar-refractivity contribution in [1.29, 1.82) is 0 Å². The minimum absolute atomic E-state index is 0. The van der Waals surface area contributed by atoms with E-state index in [1.54, 1.807) is 0 Å². The zero-order chi connectivity index (χ0) is 15.9. The predicted octanol–water partition coefficient (Wildman–Crippen LogP) is 2.97. The largest absolute Gasteiger partial charge is 0.352 e. The Hall–Kier alpha value is -0.810. The van der Waals surface area contributed by atoms with Crippen LogP contribution in [-0.2, 0) is 17.9 Å². The molecule has 0 aromatic heterocycles. The molecule has 0 radical (unpaired) electrons. The number of benzene rings is 1. The van der Waals surface area contributed by atoms with E-state index in [4.69, 9.17) is 5.73 Å². The Bertz CT molecular complexity index is 491. The van der Waals surface area contributed by atoms with Gasteiger partial charge in [-0.1, -0.05) is 38.1 Å². The number of hydrogen-bond donors (Lipinski definition) is 2. The highest BCUT2D eigenvalue weighted by atomic mass is 35.5. The summed E-state index contributed by atoms with van der Waals surface area (Å²) in [5, 5.41) is 2.95. The quantitative estimate of drug-likeness (QED) is 0.803. The average molecular weight is 376 g/mol. The monoisotopic (exact) mass is 375 g/mol. The third kappa shape index (κ3) is 7.39. The van der Waals surface area contributed by atoms with Gasteiger partial charge in [-0.3, -0.25) is 9.69 Å². The van der Waals surface area contributed by atoms with E-state index in [0.717, 1.165) is 18.0 Å². The van der Waals surface area contributed by atoms with Gasteiger partial charge in [-0.2, -0.15) is 0 Å². The SMILES string of the molecule is CC1CCN(Cc2cccc(CNC(=O)C(C)CN)c2)CC1.Cl.Cl. The molecule has 1 aromatic rings. The van der Waals surface area contributed by atoms with Crippen molar-refractivity contribution in [3.8, 4) is 0 Å². The molecule has 4 nitrogen and oxygen atoms in total. The van der Waals surface area contributed by atoms with Gasteiger partial charge in [-0.25, -0.2) is 0 Å². The van der Waals surface area contributed by atoms with E-state index in [0.29, 0.717) is 13.1 Å². The number of likely N-dealkylation sites (tertiary alicyclic amines) is 1. The van der Waals surface area contributed by atoms with Crippen LogP contribution in [0, 0.1) is 11.8 Å². The van der Waals surface area contributed by atoms with E-state index in [1.165, 1.54) is 31.5 Å². The highest BCUT2D eigenvalue weighted by Crippen LogP contribution is 2.18. The van der Waals surface area contributed by atoms with Gasteiger partial charge in [0.15, 0.2) is 0 Å². The highest BCUT2D eigenvalue weighted by molar-refractivity contribution is 5.85. The molecule has 1 atom stereocenters. The third-order valence-electron chi connectivity index (χ3n) is 4.54. The number of halogens is 2. The normalized spacial score (nSPS) is 16.6. The second-order valence-electron chi connectivity index (χ2n) is 6.63. The summed E-state index contributed by atoms with van der Waals surface area (Å²) in [6, 6.07) is 8.52. The first kappa shape index (κ1) is 23.2. The van der Waals surface area contributed by atoms with Gasteiger partial charge in [0.2, 0.25) is 5.91 Å². The Balaban J connectivity index is 0.00000264. The molecule has 24 heavy (non-hydrogen) atoms. The lowest BCUT2D eigenvalue weighted by Gasteiger charge is -2.30. The van der Waals surface area contributed by atoms with Crippen molar-refractivity contribution < 1.29 is 4.79 Å². The molecule has 1 saturated heterocycles. The van der Waals surface area contributed by atoms with Crippen molar-refractivity contribution in [2.24, 2.45) is 17.6 Å². The number of piperidine rings is 1. The fraction of sp³-hybridized carbons (Fsp3) is 0.611. The molecule has 6 heteroatoms. The second kappa shape index (κ2) is 11.7. The lowest BCUT2D eigenvalue weighted by atomic mass is 9.98. The van der Waals surface area contributed by atoms with Gasteiger partial charge >= 0.3 is 0 Å². The van der Waals surface area contributed by atoms with Crippen LogP contribution in [0.1, 0.15) is 37.8 Å². The molecule has 0 saturated carbocycles. The fourth-order valence-corrected chi connectivity index (χ4v) is 2.79. The van der Waals surface area contributed by atoms with Gasteiger partial charge < -0.3 is 11.1 Å². The summed E-state index contributed by atoms with van der Waals surface area (Å²) in [6.45, 7) is 8.54. The standard InChI is InChI=1S/C18H29N3O.2ClH/c1-14-6-8-21(9-7-14)13-17-5-3-4-16(10-17)12-20-18(22)15(2)11-19;;/h3-5,10,14-15H,6-9,11-13,19H2,1-2H3,(H,20,22);2*1H. The summed E-state index contributed by atoms with van der Waals surface area (Å²) >= 11 is 0. The number of nitrogens with zero attached hydrogens (tertiary/aromatic N) is 1. The molecule has 1 aliphatic heterocycles. The van der Waals surface area contributed by atoms with Gasteiger partial charge in [-0.05, 0) is 43.0 Å². The molecular weight excluding hydrogens is 345 g/mol. The van der Waals surface area contributed by atoms with Crippen LogP contribution in [0.4, 0.5) is 0 Å². The summed E-state index contributed by atoms with van der Waals surface area (Å²) in [5.74, 6) is 0.763. The predicted molar refractivity (Wildman–Crippen MR) is 105 cm³/mol. The van der Waals surface area contributed by atoms with Crippen LogP contribution in [0.3, 0.4) is 0 Å². The molecule has 138 valence electrons. The Kier molecular flexibility index (Phi) is 11.3. The molecule has 2 rings (SSSR count). The molecule has 3 N–H and O–H groups in total. The number of rotatable bonds is 6. The van der Waals surface area contributed by atoms with Crippen molar-refractivity contribution in [3.05, 3.63) is 35.4 Å². The van der Waals surface area contributed by atoms with Crippen LogP contribution >= 0.6 is 24.8 Å². The van der Waals surface area contributed by atoms with E-state index >= 15 is 0 Å². The maximum Gasteiger partial charge on any atom is 0.224 e. The maximum atomic E-state index is 11.8. The molecular formula is C18H31Cl2N3O. The number of carbonyl (C=O) groups is 1. The highest BCUT2D eigenvalue weighted by Gasteiger charge is 2.15. The van der Waals surface area contributed by atoms with E-state index in [9.17, 15) is 4.79 Å². The second-order valence-corrected chi connectivity index (χ2v) is 6.63. The number of amides is 1. The lowest BCUT2D eigenvalue weighted by molar-refractivity contribution is -0.124. The van der Waals surface area contributed by atoms with E-state index in [2.05, 4.69) is 41.4 Å². The summed E-state index contributed by atoms with van der Waals surface area (Å²) in [6.07, 6.45) is 2.60. The molecule has 0 spiro atoms. The van der Waals surface area contributed by atoms with Gasteiger partial charge in [0.25, 0.3) is 0 Å². The number of nitrogens with one attached hydrogen (secondary N) is 1. The minimum Gasteiger partial charge on any atom is -0.352 e. The molecule has 1 aliphatic rings. The first-order valence-electron chi connectivity index (χ1n) is 8.36. The van der Waals surface area contributed by atoms with E-state index < -0.39 is 0 Å². The van der Waals surface area contributed by atoms with E-state index in [1.807, 2.05) is 6.92 Å². The Morgan fingerprint density at radius 3 is 2.54 bits per heavy atom.